The Balaban J connectivity index is 1.75. The first kappa shape index (κ1) is 25.2. The fourth-order valence-corrected chi connectivity index (χ4v) is 3.43. The first-order chi connectivity index (χ1) is 15.1. The van der Waals surface area contributed by atoms with Gasteiger partial charge in [0.1, 0.15) is 5.78 Å². The molecule has 176 valence electrons. The topological polar surface area (TPSA) is 144 Å². The lowest BCUT2D eigenvalue weighted by Crippen LogP contribution is -2.35. The summed E-state index contributed by atoms with van der Waals surface area (Å²) in [4.78, 5) is 92.4. The number of hydrogen-bond acceptors (Lipinski definition) is 9. The zero-order valence-corrected chi connectivity index (χ0v) is 18.3. The van der Waals surface area contributed by atoms with E-state index in [9.17, 15) is 33.6 Å². The molecule has 2 rings (SSSR count). The molecule has 0 aromatic rings. The highest BCUT2D eigenvalue weighted by atomic mass is 16.7. The van der Waals surface area contributed by atoms with Crippen LogP contribution in [0.2, 0.25) is 0 Å². The van der Waals surface area contributed by atoms with Gasteiger partial charge < -0.3 is 9.68 Å². The van der Waals surface area contributed by atoms with Crippen molar-refractivity contribution in [3.8, 4) is 0 Å². The quantitative estimate of drug-likeness (QED) is 0.317. The molecule has 2 saturated heterocycles. The average Bonchev–Trinajstić information content (AvgIpc) is 3.20. The Bertz CT molecular complexity index is 773. The van der Waals surface area contributed by atoms with E-state index in [4.69, 9.17) is 9.68 Å². The molecule has 11 nitrogen and oxygen atoms in total. The molecule has 4 amide bonds. The Labute approximate surface area is 185 Å². The van der Waals surface area contributed by atoms with Gasteiger partial charge in [0.2, 0.25) is 0 Å². The highest BCUT2D eigenvalue weighted by Crippen LogP contribution is 2.22. The Morgan fingerprint density at radius 3 is 1.75 bits per heavy atom. The molecule has 1 atom stereocenters. The lowest BCUT2D eigenvalue weighted by Gasteiger charge is -2.20. The van der Waals surface area contributed by atoms with Crippen molar-refractivity contribution in [2.24, 2.45) is 11.8 Å². The number of amides is 4. The van der Waals surface area contributed by atoms with Crippen LogP contribution in [0.5, 0.6) is 0 Å². The number of unbranched alkanes of at least 4 members (excludes halogenated alkanes) is 1. The summed E-state index contributed by atoms with van der Waals surface area (Å²) in [7, 11) is 0. The molecule has 0 spiro atoms. The molecule has 0 saturated carbocycles. The molecule has 0 unspecified atom stereocenters. The Morgan fingerprint density at radius 1 is 0.781 bits per heavy atom. The van der Waals surface area contributed by atoms with Crippen molar-refractivity contribution >= 4 is 41.4 Å². The van der Waals surface area contributed by atoms with Gasteiger partial charge in [0, 0.05) is 44.9 Å². The van der Waals surface area contributed by atoms with Crippen molar-refractivity contribution in [1.29, 1.82) is 0 Å². The maximum atomic E-state index is 12.5. The third-order valence-corrected chi connectivity index (χ3v) is 5.04. The summed E-state index contributed by atoms with van der Waals surface area (Å²) >= 11 is 0. The number of imide groups is 2. The van der Waals surface area contributed by atoms with Crippen molar-refractivity contribution in [1.82, 2.24) is 10.1 Å². The standard InChI is InChI=1S/C21H28N2O9/c1-13(2)11-14(21(30)32-23-18(27)9-10-19(23)28)12-15(24)5-3-4-6-20(29)31-22-16(25)7-8-17(22)26/h13-14H,3-12H2,1-2H3/t14-/m1/s1. The van der Waals surface area contributed by atoms with E-state index in [0.29, 0.717) is 29.4 Å². The molecule has 2 aliphatic heterocycles. The molecule has 0 bridgehead atoms. The SMILES string of the molecule is CC(C)C[C@H](CC(=O)CCCCC(=O)ON1C(=O)CCC1=O)C(=O)ON1C(=O)CCC1=O. The van der Waals surface area contributed by atoms with Gasteiger partial charge in [-0.25, -0.2) is 9.59 Å². The zero-order valence-electron chi connectivity index (χ0n) is 18.3. The number of hydrogen-bond donors (Lipinski definition) is 0. The fraction of sp³-hybridized carbons (Fsp3) is 0.667. The van der Waals surface area contributed by atoms with Crippen LogP contribution < -0.4 is 0 Å². The van der Waals surface area contributed by atoms with Crippen LogP contribution in [0.25, 0.3) is 0 Å². The van der Waals surface area contributed by atoms with Gasteiger partial charge in [-0.1, -0.05) is 13.8 Å². The third kappa shape index (κ3) is 7.24. The maximum absolute atomic E-state index is 12.5. The van der Waals surface area contributed by atoms with E-state index >= 15 is 0 Å². The van der Waals surface area contributed by atoms with Crippen molar-refractivity contribution in [3.05, 3.63) is 0 Å². The minimum absolute atomic E-state index is 0.0115. The summed E-state index contributed by atoms with van der Waals surface area (Å²) in [6.07, 6.45) is 0.949. The van der Waals surface area contributed by atoms with Gasteiger partial charge in [0.05, 0.1) is 5.92 Å². The lowest BCUT2D eigenvalue weighted by atomic mass is 9.91. The number of rotatable bonds is 12. The maximum Gasteiger partial charge on any atom is 0.336 e. The lowest BCUT2D eigenvalue weighted by molar-refractivity contribution is -0.201. The fourth-order valence-electron chi connectivity index (χ4n) is 3.43. The molecular weight excluding hydrogens is 424 g/mol. The van der Waals surface area contributed by atoms with Crippen LogP contribution >= 0.6 is 0 Å². The third-order valence-electron chi connectivity index (χ3n) is 5.04. The minimum Gasteiger partial charge on any atom is -0.330 e. The first-order valence-electron chi connectivity index (χ1n) is 10.7. The second-order valence-electron chi connectivity index (χ2n) is 8.31. The van der Waals surface area contributed by atoms with Gasteiger partial charge in [-0.3, -0.25) is 24.0 Å². The van der Waals surface area contributed by atoms with Gasteiger partial charge >= 0.3 is 11.9 Å². The van der Waals surface area contributed by atoms with Gasteiger partial charge in [0.15, 0.2) is 0 Å². The molecule has 0 aliphatic carbocycles. The number of hydroxylamine groups is 4. The smallest absolute Gasteiger partial charge is 0.330 e. The van der Waals surface area contributed by atoms with E-state index in [2.05, 4.69) is 0 Å². The van der Waals surface area contributed by atoms with Crippen LogP contribution in [0, 0.1) is 11.8 Å². The summed E-state index contributed by atoms with van der Waals surface area (Å²) in [6, 6.07) is 0. The summed E-state index contributed by atoms with van der Waals surface area (Å²) in [5.41, 5.74) is 0. The molecule has 2 heterocycles. The Kier molecular flexibility index (Phi) is 9.03. The normalized spacial score (nSPS) is 17.3. The monoisotopic (exact) mass is 452 g/mol. The van der Waals surface area contributed by atoms with E-state index in [1.165, 1.54) is 0 Å². The van der Waals surface area contributed by atoms with Gasteiger partial charge in [0.25, 0.3) is 23.6 Å². The summed E-state index contributed by atoms with van der Waals surface area (Å²) < 4.78 is 0. The van der Waals surface area contributed by atoms with Crippen LogP contribution in [0.15, 0.2) is 0 Å². The van der Waals surface area contributed by atoms with E-state index in [0.717, 1.165) is 0 Å². The summed E-state index contributed by atoms with van der Waals surface area (Å²) in [5.74, 6) is -4.73. The van der Waals surface area contributed by atoms with E-state index in [1.54, 1.807) is 0 Å². The molecule has 0 N–H and O–H groups in total. The van der Waals surface area contributed by atoms with E-state index < -0.39 is 41.5 Å². The Morgan fingerprint density at radius 2 is 1.25 bits per heavy atom. The van der Waals surface area contributed by atoms with Crippen LogP contribution in [0.1, 0.15) is 78.1 Å². The van der Waals surface area contributed by atoms with Crippen LogP contribution in [-0.4, -0.2) is 51.5 Å². The molecule has 2 fully saturated rings. The molecule has 2 aliphatic rings. The van der Waals surface area contributed by atoms with Gasteiger partial charge in [-0.2, -0.15) is 0 Å². The molecule has 0 radical (unpaired) electrons. The predicted molar refractivity (Wildman–Crippen MR) is 105 cm³/mol. The van der Waals surface area contributed by atoms with Crippen molar-refractivity contribution in [2.75, 3.05) is 0 Å². The summed E-state index contributed by atoms with van der Waals surface area (Å²) in [6.45, 7) is 3.75. The first-order valence-corrected chi connectivity index (χ1v) is 10.7. The number of ketones is 1. The molecule has 32 heavy (non-hydrogen) atoms. The van der Waals surface area contributed by atoms with Crippen LogP contribution in [0.4, 0.5) is 0 Å². The zero-order chi connectivity index (χ0) is 23.8. The van der Waals surface area contributed by atoms with Crippen LogP contribution in [-0.2, 0) is 43.2 Å². The second kappa shape index (κ2) is 11.5. The van der Waals surface area contributed by atoms with Gasteiger partial charge in [-0.15, -0.1) is 10.1 Å². The predicted octanol–water partition coefficient (Wildman–Crippen LogP) is 1.38. The van der Waals surface area contributed by atoms with Crippen molar-refractivity contribution < 1.29 is 43.2 Å². The largest absolute Gasteiger partial charge is 0.336 e. The Hall–Kier alpha value is -3.11. The second-order valence-corrected chi connectivity index (χ2v) is 8.31. The molecule has 11 heteroatoms. The number of Topliss-reactive ketones (excluding diaryl/α,β-unsaturated/α-hetero) is 1. The number of nitrogens with zero attached hydrogens (tertiary/aromatic N) is 2. The van der Waals surface area contributed by atoms with Crippen molar-refractivity contribution in [2.45, 2.75) is 78.1 Å². The number of carbonyl (C=O) groups excluding carboxylic acids is 7. The summed E-state index contributed by atoms with van der Waals surface area (Å²) in [5, 5.41) is 0.951. The molecular formula is C21H28N2O9. The van der Waals surface area contributed by atoms with Gasteiger partial charge in [-0.05, 0) is 25.2 Å². The highest BCUT2D eigenvalue weighted by molar-refractivity contribution is 6.02. The van der Waals surface area contributed by atoms with Crippen molar-refractivity contribution in [3.63, 3.8) is 0 Å². The average molecular weight is 452 g/mol. The van der Waals surface area contributed by atoms with E-state index in [-0.39, 0.29) is 56.6 Å². The van der Waals surface area contributed by atoms with Crippen LogP contribution in [0.3, 0.4) is 0 Å². The highest BCUT2D eigenvalue weighted by Gasteiger charge is 2.36. The molecule has 0 aromatic heterocycles. The molecule has 0 aromatic carbocycles. The minimum atomic E-state index is -0.792. The number of carbonyl (C=O) groups is 7. The van der Waals surface area contributed by atoms with E-state index in [1.807, 2.05) is 13.8 Å².